The van der Waals surface area contributed by atoms with Gasteiger partial charge in [0.05, 0.1) is 16.8 Å². The summed E-state index contributed by atoms with van der Waals surface area (Å²) < 4.78 is 13.4. The lowest BCUT2D eigenvalue weighted by molar-refractivity contribution is -0.117. The number of nitrogens with one attached hydrogen (secondary N) is 1. The third-order valence-electron chi connectivity index (χ3n) is 1.88. The molecule has 3 N–H and O–H groups in total. The predicted octanol–water partition coefficient (Wildman–Crippen LogP) is 1.77. The third-order valence-corrected chi connectivity index (χ3v) is 2.18. The van der Waals surface area contributed by atoms with E-state index in [4.69, 9.17) is 23.8 Å². The van der Waals surface area contributed by atoms with Crippen molar-refractivity contribution in [2.24, 2.45) is 5.73 Å². The first-order chi connectivity index (χ1) is 7.56. The SMILES string of the molecule is C#CCC(N)C(=O)Nc1cccc(Cl)c1F. The molecule has 1 rings (SSSR count). The highest BCUT2D eigenvalue weighted by atomic mass is 35.5. The highest BCUT2D eigenvalue weighted by Crippen LogP contribution is 2.21. The number of amides is 1. The number of hydrogen-bond donors (Lipinski definition) is 2. The van der Waals surface area contributed by atoms with Crippen LogP contribution in [0.2, 0.25) is 5.02 Å². The van der Waals surface area contributed by atoms with Crippen molar-refractivity contribution in [2.45, 2.75) is 12.5 Å². The summed E-state index contributed by atoms with van der Waals surface area (Å²) in [4.78, 5) is 11.4. The van der Waals surface area contributed by atoms with Crippen molar-refractivity contribution in [1.29, 1.82) is 0 Å². The zero-order chi connectivity index (χ0) is 12.1. The summed E-state index contributed by atoms with van der Waals surface area (Å²) in [6.45, 7) is 0. The number of hydrogen-bond acceptors (Lipinski definition) is 2. The van der Waals surface area contributed by atoms with Gasteiger partial charge in [0.2, 0.25) is 5.91 Å². The number of benzene rings is 1. The van der Waals surface area contributed by atoms with E-state index in [0.717, 1.165) is 0 Å². The Bertz CT molecular complexity index is 442. The fourth-order valence-electron chi connectivity index (χ4n) is 1.05. The highest BCUT2D eigenvalue weighted by Gasteiger charge is 2.15. The maximum Gasteiger partial charge on any atom is 0.242 e. The van der Waals surface area contributed by atoms with Crippen LogP contribution in [0.3, 0.4) is 0 Å². The second-order valence-electron chi connectivity index (χ2n) is 3.11. The van der Waals surface area contributed by atoms with Gasteiger partial charge >= 0.3 is 0 Å². The maximum absolute atomic E-state index is 13.4. The van der Waals surface area contributed by atoms with Crippen molar-refractivity contribution < 1.29 is 9.18 Å². The Balaban J connectivity index is 2.78. The first kappa shape index (κ1) is 12.5. The largest absolute Gasteiger partial charge is 0.322 e. The molecule has 0 saturated carbocycles. The lowest BCUT2D eigenvalue weighted by Crippen LogP contribution is -2.35. The van der Waals surface area contributed by atoms with Crippen molar-refractivity contribution in [3.8, 4) is 12.3 Å². The van der Waals surface area contributed by atoms with Crippen molar-refractivity contribution in [3.05, 3.63) is 29.0 Å². The molecule has 0 fully saturated rings. The Labute approximate surface area is 97.8 Å². The van der Waals surface area contributed by atoms with Crippen LogP contribution in [0, 0.1) is 18.2 Å². The minimum atomic E-state index is -0.858. The van der Waals surface area contributed by atoms with E-state index in [9.17, 15) is 9.18 Å². The van der Waals surface area contributed by atoms with Gasteiger partial charge in [-0.15, -0.1) is 12.3 Å². The third kappa shape index (κ3) is 2.96. The molecule has 1 aromatic carbocycles. The van der Waals surface area contributed by atoms with Gasteiger partial charge in [-0.3, -0.25) is 4.79 Å². The maximum atomic E-state index is 13.4. The topological polar surface area (TPSA) is 55.1 Å². The molecule has 5 heteroatoms. The molecular weight excluding hydrogens is 231 g/mol. The molecular formula is C11H10ClFN2O. The van der Waals surface area contributed by atoms with Crippen molar-refractivity contribution in [3.63, 3.8) is 0 Å². The number of terminal acetylenes is 1. The number of halogens is 2. The number of rotatable bonds is 3. The minimum Gasteiger partial charge on any atom is -0.322 e. The predicted molar refractivity (Wildman–Crippen MR) is 61.5 cm³/mol. The zero-order valence-electron chi connectivity index (χ0n) is 8.34. The summed E-state index contributed by atoms with van der Waals surface area (Å²) in [7, 11) is 0. The van der Waals surface area contributed by atoms with Gasteiger partial charge in [0, 0.05) is 6.42 Å². The average molecular weight is 241 g/mol. The molecule has 1 unspecified atom stereocenters. The summed E-state index contributed by atoms with van der Waals surface area (Å²) in [5, 5.41) is 2.25. The van der Waals surface area contributed by atoms with Gasteiger partial charge in [0.1, 0.15) is 0 Å². The normalized spacial score (nSPS) is 11.6. The van der Waals surface area contributed by atoms with Crippen LogP contribution >= 0.6 is 11.6 Å². The summed E-state index contributed by atoms with van der Waals surface area (Å²) in [6, 6.07) is 3.44. The van der Waals surface area contributed by atoms with E-state index >= 15 is 0 Å². The van der Waals surface area contributed by atoms with Crippen LogP contribution in [0.25, 0.3) is 0 Å². The van der Waals surface area contributed by atoms with Gasteiger partial charge in [-0.2, -0.15) is 0 Å². The number of carbonyl (C=O) groups excluding carboxylic acids is 1. The van der Waals surface area contributed by atoms with Gasteiger partial charge in [0.15, 0.2) is 5.82 Å². The second-order valence-corrected chi connectivity index (χ2v) is 3.51. The highest BCUT2D eigenvalue weighted by molar-refractivity contribution is 6.31. The molecule has 1 atom stereocenters. The monoisotopic (exact) mass is 240 g/mol. The smallest absolute Gasteiger partial charge is 0.242 e. The second kappa shape index (κ2) is 5.50. The number of anilines is 1. The Morgan fingerprint density at radius 3 is 3.00 bits per heavy atom. The van der Waals surface area contributed by atoms with Crippen LogP contribution in [-0.4, -0.2) is 11.9 Å². The van der Waals surface area contributed by atoms with E-state index in [1.54, 1.807) is 0 Å². The first-order valence-electron chi connectivity index (χ1n) is 4.50. The van der Waals surface area contributed by atoms with Crippen LogP contribution in [0.15, 0.2) is 18.2 Å². The molecule has 1 aromatic rings. The van der Waals surface area contributed by atoms with Crippen LogP contribution in [0.5, 0.6) is 0 Å². The van der Waals surface area contributed by atoms with E-state index in [1.807, 2.05) is 0 Å². The molecule has 0 heterocycles. The standard InChI is InChI=1S/C11H10ClFN2O/c1-2-4-8(14)11(16)15-9-6-3-5-7(12)10(9)13/h1,3,5-6,8H,4,14H2,(H,15,16). The van der Waals surface area contributed by atoms with Gasteiger partial charge < -0.3 is 11.1 Å². The summed E-state index contributed by atoms with van der Waals surface area (Å²) in [5.41, 5.74) is 5.44. The van der Waals surface area contributed by atoms with Crippen LogP contribution in [0.4, 0.5) is 10.1 Å². The summed E-state index contributed by atoms with van der Waals surface area (Å²) in [5.74, 6) is 1.02. The quantitative estimate of drug-likeness (QED) is 0.792. The molecule has 0 spiro atoms. The molecule has 1 amide bonds. The average Bonchev–Trinajstić information content (AvgIpc) is 2.25. The molecule has 0 saturated heterocycles. The Morgan fingerprint density at radius 1 is 1.69 bits per heavy atom. The number of nitrogens with two attached hydrogens (primary N) is 1. The molecule has 84 valence electrons. The van der Waals surface area contributed by atoms with Crippen molar-refractivity contribution in [1.82, 2.24) is 0 Å². The lowest BCUT2D eigenvalue weighted by atomic mass is 10.2. The zero-order valence-corrected chi connectivity index (χ0v) is 9.09. The Kier molecular flexibility index (Phi) is 4.29. The van der Waals surface area contributed by atoms with Crippen molar-refractivity contribution >= 4 is 23.2 Å². The molecule has 0 aliphatic rings. The molecule has 0 aliphatic heterocycles. The molecule has 3 nitrogen and oxygen atoms in total. The Hall–Kier alpha value is -1.57. The molecule has 0 bridgehead atoms. The van der Waals surface area contributed by atoms with E-state index in [0.29, 0.717) is 0 Å². The van der Waals surface area contributed by atoms with Gasteiger partial charge in [-0.25, -0.2) is 4.39 Å². The number of carbonyl (C=O) groups is 1. The summed E-state index contributed by atoms with van der Waals surface area (Å²) >= 11 is 5.55. The van der Waals surface area contributed by atoms with Crippen molar-refractivity contribution in [2.75, 3.05) is 5.32 Å². The van der Waals surface area contributed by atoms with Crippen LogP contribution in [0.1, 0.15) is 6.42 Å². The summed E-state index contributed by atoms with van der Waals surface area (Å²) in [6.07, 6.45) is 5.10. The molecule has 0 radical (unpaired) electrons. The van der Waals surface area contributed by atoms with Gasteiger partial charge in [-0.05, 0) is 12.1 Å². The lowest BCUT2D eigenvalue weighted by Gasteiger charge is -2.10. The van der Waals surface area contributed by atoms with Crippen LogP contribution < -0.4 is 11.1 Å². The van der Waals surface area contributed by atoms with E-state index < -0.39 is 17.8 Å². The molecule has 0 aliphatic carbocycles. The fourth-order valence-corrected chi connectivity index (χ4v) is 1.22. The van der Waals surface area contributed by atoms with E-state index in [-0.39, 0.29) is 17.1 Å². The van der Waals surface area contributed by atoms with Gasteiger partial charge in [0.25, 0.3) is 0 Å². The van der Waals surface area contributed by atoms with Gasteiger partial charge in [-0.1, -0.05) is 17.7 Å². The first-order valence-corrected chi connectivity index (χ1v) is 4.88. The fraction of sp³-hybridized carbons (Fsp3) is 0.182. The molecule has 0 aromatic heterocycles. The minimum absolute atomic E-state index is 0.00929. The van der Waals surface area contributed by atoms with E-state index in [2.05, 4.69) is 11.2 Å². The van der Waals surface area contributed by atoms with Crippen LogP contribution in [-0.2, 0) is 4.79 Å². The molecule has 16 heavy (non-hydrogen) atoms. The van der Waals surface area contributed by atoms with E-state index in [1.165, 1.54) is 18.2 Å². The Morgan fingerprint density at radius 2 is 2.38 bits per heavy atom.